The Morgan fingerprint density at radius 2 is 1.10 bits per heavy atom. The maximum Gasteiger partial charge on any atom is 0.509 e. The average molecular weight is 1140 g/mol. The highest BCUT2D eigenvalue weighted by atomic mass is 28.4. The molecule has 0 amide bonds. The highest BCUT2D eigenvalue weighted by Gasteiger charge is 2.66. The normalized spacial score (nSPS) is 26.4. The van der Waals surface area contributed by atoms with Gasteiger partial charge in [0.25, 0.3) is 5.88 Å². The Balaban J connectivity index is 0.000000206. The molecular formula is C60H74N4O16Si. The van der Waals surface area contributed by atoms with Gasteiger partial charge in [0.05, 0.1) is 35.2 Å². The number of aliphatic hydroxyl groups excluding tert-OH is 1. The summed E-state index contributed by atoms with van der Waals surface area (Å²) in [5, 5.41) is 42.6. The van der Waals surface area contributed by atoms with Crippen LogP contribution in [0.5, 0.6) is 5.88 Å². The average Bonchev–Trinajstić information content (AvgIpc) is 2.42. The van der Waals surface area contributed by atoms with Crippen molar-refractivity contribution in [3.8, 4) is 5.88 Å². The molecule has 5 aromatic rings. The van der Waals surface area contributed by atoms with Gasteiger partial charge in [-0.3, -0.25) is 19.4 Å². The SMILES string of the molecule is C1CCOC1.CN(C)[C@@H]1c2onc(OCc3ccccc3)c2C(=O)[C@]2(O)[C@H]1[C@@H](OC(=O)OCc1ccccc1)C=C[C@H]2O[Si](C)(C)C(C)(C)C.Cc1noc2c1C(=O)[C@]1(O)[C@@H]([C@@H](OC(=O)OCc3ccccc3)C=C[C@H]1O)[C@@H]2N(C)C. The second-order valence-electron chi connectivity index (χ2n) is 22.7. The number of ketones is 2. The van der Waals surface area contributed by atoms with Gasteiger partial charge in [-0.05, 0) is 100 Å². The van der Waals surface area contributed by atoms with Gasteiger partial charge in [0, 0.05) is 13.2 Å². The van der Waals surface area contributed by atoms with E-state index in [-0.39, 0.29) is 53.4 Å². The van der Waals surface area contributed by atoms with Gasteiger partial charge in [0.1, 0.15) is 49.8 Å². The van der Waals surface area contributed by atoms with Crippen LogP contribution in [-0.4, -0.2) is 145 Å². The van der Waals surface area contributed by atoms with Crippen molar-refractivity contribution in [2.24, 2.45) is 11.8 Å². The molecule has 1 saturated heterocycles. The van der Waals surface area contributed by atoms with Gasteiger partial charge in [-0.25, -0.2) is 9.59 Å². The second-order valence-corrected chi connectivity index (χ2v) is 27.5. The van der Waals surface area contributed by atoms with Crippen LogP contribution in [0.15, 0.2) is 124 Å². The summed E-state index contributed by atoms with van der Waals surface area (Å²) < 4.78 is 50.8. The smallest absolute Gasteiger partial charge is 0.470 e. The number of aliphatic hydroxyl groups is 3. The van der Waals surface area contributed by atoms with E-state index in [4.69, 9.17) is 41.9 Å². The molecular weight excluding hydrogens is 1060 g/mol. The van der Waals surface area contributed by atoms with Crippen molar-refractivity contribution in [2.75, 3.05) is 41.4 Å². The van der Waals surface area contributed by atoms with E-state index < -0.39 is 91.7 Å². The molecule has 0 saturated carbocycles. The van der Waals surface area contributed by atoms with Gasteiger partial charge < -0.3 is 57.2 Å². The van der Waals surface area contributed by atoms with E-state index in [1.807, 2.05) is 78.9 Å². The molecule has 4 aliphatic carbocycles. The Labute approximate surface area is 472 Å². The molecule has 20 nitrogen and oxygen atoms in total. The first kappa shape index (κ1) is 60.3. The molecule has 10 atom stereocenters. The zero-order valence-corrected chi connectivity index (χ0v) is 48.5. The summed E-state index contributed by atoms with van der Waals surface area (Å²) in [5.74, 6) is -2.98. The molecule has 0 radical (unpaired) electrons. The zero-order valence-electron chi connectivity index (χ0n) is 47.5. The number of carbonyl (C=O) groups excluding carboxylic acids is 4. The molecule has 1 aliphatic heterocycles. The van der Waals surface area contributed by atoms with Crippen LogP contribution in [-0.2, 0) is 47.9 Å². The van der Waals surface area contributed by atoms with E-state index in [0.717, 1.165) is 29.9 Å². The first-order valence-corrected chi connectivity index (χ1v) is 29.9. The molecule has 0 bridgehead atoms. The number of benzene rings is 3. The van der Waals surface area contributed by atoms with Crippen molar-refractivity contribution in [3.05, 3.63) is 160 Å². The van der Waals surface area contributed by atoms with Crippen LogP contribution in [0.4, 0.5) is 9.59 Å². The maximum absolute atomic E-state index is 14.6. The first-order valence-electron chi connectivity index (χ1n) is 27.0. The predicted octanol–water partition coefficient (Wildman–Crippen LogP) is 8.66. The van der Waals surface area contributed by atoms with Crippen LogP contribution >= 0.6 is 0 Å². The van der Waals surface area contributed by atoms with E-state index >= 15 is 0 Å². The predicted molar refractivity (Wildman–Crippen MR) is 296 cm³/mol. The number of ether oxygens (including phenoxy) is 6. The second kappa shape index (κ2) is 25.1. The summed E-state index contributed by atoms with van der Waals surface area (Å²) in [4.78, 5) is 56.8. The van der Waals surface area contributed by atoms with Crippen molar-refractivity contribution in [2.45, 2.75) is 126 Å². The lowest BCUT2D eigenvalue weighted by molar-refractivity contribution is -0.133. The lowest BCUT2D eigenvalue weighted by Gasteiger charge is -2.52. The van der Waals surface area contributed by atoms with Crippen LogP contribution in [0.1, 0.15) is 100 Å². The first-order chi connectivity index (χ1) is 38.5. The Morgan fingerprint density at radius 1 is 0.654 bits per heavy atom. The van der Waals surface area contributed by atoms with Crippen LogP contribution in [0.3, 0.4) is 0 Å². The quantitative estimate of drug-likeness (QED) is 0.0566. The number of nitrogens with zero attached hydrogens (tertiary/aromatic N) is 4. The lowest BCUT2D eigenvalue weighted by Crippen LogP contribution is -2.67. The maximum atomic E-state index is 14.6. The fraction of sp³-hybridized carbons (Fsp3) is 0.467. The number of hydrogen-bond acceptors (Lipinski definition) is 20. The number of Topliss-reactive ketones (excluding diaryl/α,β-unsaturated/α-hetero) is 2. The molecule has 3 N–H and O–H groups in total. The molecule has 1 fully saturated rings. The third kappa shape index (κ3) is 12.7. The summed E-state index contributed by atoms with van der Waals surface area (Å²) in [5.41, 5.74) is -1.43. The number of carbonyl (C=O) groups is 4. The van der Waals surface area contributed by atoms with Crippen molar-refractivity contribution in [3.63, 3.8) is 0 Å². The van der Waals surface area contributed by atoms with Gasteiger partial charge in [-0.1, -0.05) is 129 Å². The summed E-state index contributed by atoms with van der Waals surface area (Å²) in [6, 6.07) is 26.4. The van der Waals surface area contributed by atoms with Crippen LogP contribution < -0.4 is 4.74 Å². The highest BCUT2D eigenvalue weighted by molar-refractivity contribution is 6.74. The minimum Gasteiger partial charge on any atom is -0.470 e. The minimum absolute atomic E-state index is 0.00650. The molecule has 3 aromatic carbocycles. The molecule has 3 heterocycles. The summed E-state index contributed by atoms with van der Waals surface area (Å²) in [6.07, 6.45) is 2.03. The summed E-state index contributed by atoms with van der Waals surface area (Å²) >= 11 is 0. The monoisotopic (exact) mass is 1130 g/mol. The molecule has 5 aliphatic rings. The van der Waals surface area contributed by atoms with Crippen molar-refractivity contribution in [1.82, 2.24) is 20.1 Å². The third-order valence-electron chi connectivity index (χ3n) is 15.8. The van der Waals surface area contributed by atoms with Gasteiger partial charge >= 0.3 is 12.3 Å². The molecule has 0 unspecified atom stereocenters. The molecule has 2 aromatic heterocycles. The summed E-state index contributed by atoms with van der Waals surface area (Å²) in [7, 11) is 4.53. The standard InChI is InChI=1S/C34H42N2O8Si.C22H24N2O7.C4H8O/c1-33(2,3)45(6,7)44-25-19-18-24(42-32(38)41-21-23-16-12-9-13-17-23)27-28(36(4)5)29-26(30(37)34(25,27)39)31(35-43-29)40-20-22-14-10-8-11-15-22;1-12-16-19(31-23-12)18(24(2)3)17-14(9-10-15(25)22(17,28)20(16)26)30-21(27)29-11-13-7-5-4-6-8-13;1-2-4-5-3-1/h8-19,24-25,27-28,39H,20-21H2,1-7H3;4-10,14-15,17-18,25,28H,11H2,1-3H3;1-4H2/t24-,25+,27-,28-,34+;14-,15+,17-,18-,22+;/m00./s1. The molecule has 81 heavy (non-hydrogen) atoms. The zero-order chi connectivity index (χ0) is 58.4. The molecule has 434 valence electrons. The molecule has 21 heteroatoms. The fourth-order valence-corrected chi connectivity index (χ4v) is 11.8. The Hall–Kier alpha value is -6.82. The van der Waals surface area contributed by atoms with E-state index in [0.29, 0.717) is 5.69 Å². The van der Waals surface area contributed by atoms with E-state index in [1.165, 1.54) is 25.0 Å². The third-order valence-corrected chi connectivity index (χ3v) is 20.2. The number of hydrogen-bond donors (Lipinski definition) is 3. The van der Waals surface area contributed by atoms with Crippen molar-refractivity contribution in [1.29, 1.82) is 0 Å². The van der Waals surface area contributed by atoms with Crippen LogP contribution in [0.2, 0.25) is 18.1 Å². The molecule has 10 rings (SSSR count). The lowest BCUT2D eigenvalue weighted by atomic mass is 9.63. The van der Waals surface area contributed by atoms with Crippen LogP contribution in [0.25, 0.3) is 0 Å². The Morgan fingerprint density at radius 3 is 1.57 bits per heavy atom. The Kier molecular flexibility index (Phi) is 18.7. The van der Waals surface area contributed by atoms with E-state index in [2.05, 4.69) is 44.2 Å². The van der Waals surface area contributed by atoms with Gasteiger partial charge in [-0.2, -0.15) is 0 Å². The number of fused-ring (bicyclic) bond motifs is 4. The largest absolute Gasteiger partial charge is 0.509 e. The van der Waals surface area contributed by atoms with E-state index in [1.54, 1.807) is 69.2 Å². The van der Waals surface area contributed by atoms with E-state index in [9.17, 15) is 34.5 Å². The Bertz CT molecular complexity index is 3020. The topological polar surface area (TPSA) is 252 Å². The van der Waals surface area contributed by atoms with Gasteiger partial charge in [0.2, 0.25) is 11.6 Å². The molecule has 0 spiro atoms. The van der Waals surface area contributed by atoms with Crippen molar-refractivity contribution >= 4 is 32.2 Å². The van der Waals surface area contributed by atoms with Gasteiger partial charge in [-0.15, -0.1) is 0 Å². The van der Waals surface area contributed by atoms with Crippen LogP contribution in [0, 0.1) is 18.8 Å². The number of aryl methyl sites for hydroxylation is 1. The van der Waals surface area contributed by atoms with Crippen molar-refractivity contribution < 1.29 is 76.4 Å². The number of aromatic nitrogens is 2. The number of rotatable bonds is 13. The fourth-order valence-electron chi connectivity index (χ4n) is 10.6. The van der Waals surface area contributed by atoms with Gasteiger partial charge in [0.15, 0.2) is 31.0 Å². The minimum atomic E-state index is -2.53. The highest BCUT2D eigenvalue weighted by Crippen LogP contribution is 2.54. The summed E-state index contributed by atoms with van der Waals surface area (Å²) in [6.45, 7) is 14.1.